The molecule has 18 heavy (non-hydrogen) atoms. The van der Waals surface area contributed by atoms with Gasteiger partial charge in [-0.2, -0.15) is 0 Å². The quantitative estimate of drug-likeness (QED) is 0.824. The lowest BCUT2D eigenvalue weighted by molar-refractivity contribution is 0.167. The van der Waals surface area contributed by atoms with E-state index in [4.69, 9.17) is 0 Å². The zero-order chi connectivity index (χ0) is 13.1. The Labute approximate surface area is 109 Å². The van der Waals surface area contributed by atoms with E-state index >= 15 is 0 Å². The summed E-state index contributed by atoms with van der Waals surface area (Å²) < 4.78 is 2.16. The number of aromatic nitrogens is 2. The van der Waals surface area contributed by atoms with Crippen molar-refractivity contribution in [3.05, 3.63) is 18.2 Å². The summed E-state index contributed by atoms with van der Waals surface area (Å²) in [5.41, 5.74) is 1.23. The highest BCUT2D eigenvalue weighted by Gasteiger charge is 2.31. The Morgan fingerprint density at radius 3 is 2.94 bits per heavy atom. The van der Waals surface area contributed by atoms with Crippen molar-refractivity contribution in [2.45, 2.75) is 38.6 Å². The molecular weight excluding hydrogens is 228 g/mol. The number of imidazole rings is 1. The number of nitrogens with zero attached hydrogens (tertiary/aromatic N) is 4. The number of aliphatic hydroxyl groups excluding tert-OH is 1. The fraction of sp³-hybridized carbons (Fsp3) is 0.769. The van der Waals surface area contributed by atoms with Crippen molar-refractivity contribution < 1.29 is 5.11 Å². The SMILES string of the molecule is CCn1cncc1CN1CC(O)CC1CN(C)C. The van der Waals surface area contributed by atoms with Gasteiger partial charge in [0.15, 0.2) is 0 Å². The maximum absolute atomic E-state index is 9.86. The molecule has 2 rings (SSSR count). The van der Waals surface area contributed by atoms with Crippen LogP contribution in [0.1, 0.15) is 19.0 Å². The zero-order valence-corrected chi connectivity index (χ0v) is 11.6. The van der Waals surface area contributed by atoms with Crippen molar-refractivity contribution in [1.29, 1.82) is 0 Å². The van der Waals surface area contributed by atoms with E-state index in [2.05, 4.69) is 40.4 Å². The third-order valence-electron chi connectivity index (χ3n) is 3.59. The third kappa shape index (κ3) is 3.10. The first-order valence-corrected chi connectivity index (χ1v) is 6.66. The molecule has 2 unspecified atom stereocenters. The summed E-state index contributed by atoms with van der Waals surface area (Å²) in [6, 6.07) is 0.440. The van der Waals surface area contributed by atoms with Crippen LogP contribution in [-0.2, 0) is 13.1 Å². The van der Waals surface area contributed by atoms with E-state index in [1.807, 2.05) is 12.5 Å². The first-order chi connectivity index (χ1) is 8.60. The van der Waals surface area contributed by atoms with Crippen LogP contribution >= 0.6 is 0 Å². The molecule has 5 heteroatoms. The molecule has 0 aliphatic carbocycles. The van der Waals surface area contributed by atoms with Crippen LogP contribution in [0.5, 0.6) is 0 Å². The highest BCUT2D eigenvalue weighted by atomic mass is 16.3. The molecule has 5 nitrogen and oxygen atoms in total. The third-order valence-corrected chi connectivity index (χ3v) is 3.59. The van der Waals surface area contributed by atoms with Crippen LogP contribution in [0.15, 0.2) is 12.5 Å². The number of likely N-dealkylation sites (tertiary alicyclic amines) is 1. The molecule has 0 bridgehead atoms. The molecular formula is C13H24N4O. The molecule has 0 saturated carbocycles. The predicted octanol–water partition coefficient (Wildman–Crippen LogP) is 0.400. The second kappa shape index (κ2) is 5.82. The fourth-order valence-corrected chi connectivity index (χ4v) is 2.74. The number of aryl methyl sites for hydroxylation is 1. The van der Waals surface area contributed by atoms with E-state index < -0.39 is 0 Å². The topological polar surface area (TPSA) is 44.5 Å². The Morgan fingerprint density at radius 2 is 2.28 bits per heavy atom. The fourth-order valence-electron chi connectivity index (χ4n) is 2.74. The van der Waals surface area contributed by atoms with Crippen molar-refractivity contribution in [2.24, 2.45) is 0 Å². The van der Waals surface area contributed by atoms with Gasteiger partial charge in [0.1, 0.15) is 0 Å². The average Bonchev–Trinajstić information content (AvgIpc) is 2.86. The minimum atomic E-state index is -0.187. The minimum absolute atomic E-state index is 0.187. The number of likely N-dealkylation sites (N-methyl/N-ethyl adjacent to an activating group) is 1. The largest absolute Gasteiger partial charge is 0.392 e. The Kier molecular flexibility index (Phi) is 4.37. The first kappa shape index (κ1) is 13.5. The average molecular weight is 252 g/mol. The molecule has 1 aromatic rings. The Hall–Kier alpha value is -0.910. The van der Waals surface area contributed by atoms with Gasteiger partial charge in [0.2, 0.25) is 0 Å². The molecule has 0 radical (unpaired) electrons. The van der Waals surface area contributed by atoms with Crippen LogP contribution in [0.4, 0.5) is 0 Å². The summed E-state index contributed by atoms with van der Waals surface area (Å²) in [6.45, 7) is 5.72. The van der Waals surface area contributed by atoms with Crippen LogP contribution in [-0.4, -0.2) is 63.8 Å². The molecule has 2 heterocycles. The number of hydrogen-bond donors (Lipinski definition) is 1. The Balaban J connectivity index is 2.02. The molecule has 1 aliphatic rings. The predicted molar refractivity (Wildman–Crippen MR) is 71.3 cm³/mol. The molecule has 1 aliphatic heterocycles. The van der Waals surface area contributed by atoms with Crippen LogP contribution in [0.3, 0.4) is 0 Å². The molecule has 1 saturated heterocycles. The molecule has 1 fully saturated rings. The minimum Gasteiger partial charge on any atom is -0.392 e. The van der Waals surface area contributed by atoms with E-state index in [0.717, 1.165) is 32.6 Å². The number of aliphatic hydroxyl groups is 1. The monoisotopic (exact) mass is 252 g/mol. The summed E-state index contributed by atoms with van der Waals surface area (Å²) in [5, 5.41) is 9.86. The molecule has 1 aromatic heterocycles. The molecule has 0 aromatic carbocycles. The number of rotatable bonds is 5. The van der Waals surface area contributed by atoms with Gasteiger partial charge in [0.25, 0.3) is 0 Å². The van der Waals surface area contributed by atoms with Gasteiger partial charge in [-0.1, -0.05) is 0 Å². The Morgan fingerprint density at radius 1 is 1.50 bits per heavy atom. The van der Waals surface area contributed by atoms with Crippen molar-refractivity contribution >= 4 is 0 Å². The highest BCUT2D eigenvalue weighted by Crippen LogP contribution is 2.21. The summed E-state index contributed by atoms with van der Waals surface area (Å²) in [5.74, 6) is 0. The van der Waals surface area contributed by atoms with Gasteiger partial charge in [-0.25, -0.2) is 4.98 Å². The van der Waals surface area contributed by atoms with Gasteiger partial charge < -0.3 is 14.6 Å². The molecule has 0 amide bonds. The van der Waals surface area contributed by atoms with E-state index in [1.165, 1.54) is 5.69 Å². The Bertz CT molecular complexity index is 377. The lowest BCUT2D eigenvalue weighted by atomic mass is 10.2. The van der Waals surface area contributed by atoms with Gasteiger partial charge in [-0.05, 0) is 27.4 Å². The molecule has 0 spiro atoms. The summed E-state index contributed by atoms with van der Waals surface area (Å²) in [4.78, 5) is 8.76. The second-order valence-electron chi connectivity index (χ2n) is 5.41. The number of β-amino-alcohol motifs (C(OH)–C–C–N with tert-alkyl or cyclic N) is 1. The standard InChI is InChI=1S/C13H24N4O/c1-4-16-10-14-6-12(16)8-17-9-13(18)5-11(17)7-15(2)3/h6,10-11,13,18H,4-5,7-9H2,1-3H3. The smallest absolute Gasteiger partial charge is 0.0948 e. The van der Waals surface area contributed by atoms with Crippen molar-refractivity contribution in [3.63, 3.8) is 0 Å². The van der Waals surface area contributed by atoms with Gasteiger partial charge in [-0.15, -0.1) is 0 Å². The van der Waals surface area contributed by atoms with Gasteiger partial charge in [-0.3, -0.25) is 4.90 Å². The van der Waals surface area contributed by atoms with Crippen molar-refractivity contribution in [2.75, 3.05) is 27.2 Å². The molecule has 2 atom stereocenters. The van der Waals surface area contributed by atoms with Crippen LogP contribution in [0.25, 0.3) is 0 Å². The van der Waals surface area contributed by atoms with E-state index in [9.17, 15) is 5.11 Å². The van der Waals surface area contributed by atoms with Gasteiger partial charge in [0.05, 0.1) is 18.1 Å². The van der Waals surface area contributed by atoms with Crippen LogP contribution in [0, 0.1) is 0 Å². The summed E-state index contributed by atoms with van der Waals surface area (Å²) in [7, 11) is 4.17. The maximum atomic E-state index is 9.86. The summed E-state index contributed by atoms with van der Waals surface area (Å²) in [6.07, 6.45) is 4.50. The zero-order valence-electron chi connectivity index (χ0n) is 11.6. The lowest BCUT2D eigenvalue weighted by Crippen LogP contribution is -2.37. The number of hydrogen-bond acceptors (Lipinski definition) is 4. The van der Waals surface area contributed by atoms with E-state index in [-0.39, 0.29) is 6.10 Å². The van der Waals surface area contributed by atoms with Crippen molar-refractivity contribution in [3.8, 4) is 0 Å². The van der Waals surface area contributed by atoms with E-state index in [0.29, 0.717) is 6.04 Å². The van der Waals surface area contributed by atoms with Crippen LogP contribution in [0.2, 0.25) is 0 Å². The van der Waals surface area contributed by atoms with E-state index in [1.54, 1.807) is 0 Å². The highest BCUT2D eigenvalue weighted by molar-refractivity contribution is 5.00. The maximum Gasteiger partial charge on any atom is 0.0948 e. The van der Waals surface area contributed by atoms with Crippen LogP contribution < -0.4 is 0 Å². The molecule has 1 N–H and O–H groups in total. The lowest BCUT2D eigenvalue weighted by Gasteiger charge is -2.26. The van der Waals surface area contributed by atoms with Crippen molar-refractivity contribution in [1.82, 2.24) is 19.4 Å². The normalized spacial score (nSPS) is 25.2. The second-order valence-corrected chi connectivity index (χ2v) is 5.41. The van der Waals surface area contributed by atoms with Gasteiger partial charge >= 0.3 is 0 Å². The first-order valence-electron chi connectivity index (χ1n) is 6.66. The summed E-state index contributed by atoms with van der Waals surface area (Å²) >= 11 is 0. The van der Waals surface area contributed by atoms with Gasteiger partial charge in [0, 0.05) is 38.4 Å². The molecule has 102 valence electrons.